The van der Waals surface area contributed by atoms with E-state index < -0.39 is 0 Å². The number of hydrogen-bond acceptors (Lipinski definition) is 3. The maximum Gasteiger partial charge on any atom is 0.155 e. The molecule has 0 bridgehead atoms. The van der Waals surface area contributed by atoms with Crippen molar-refractivity contribution >= 4 is 16.7 Å². The van der Waals surface area contributed by atoms with Gasteiger partial charge in [-0.1, -0.05) is 18.2 Å². The summed E-state index contributed by atoms with van der Waals surface area (Å²) in [6.45, 7) is 1.97. The Bertz CT molecular complexity index is 717. The van der Waals surface area contributed by atoms with E-state index in [0.29, 0.717) is 0 Å². The smallest absolute Gasteiger partial charge is 0.155 e. The second-order valence-electron chi connectivity index (χ2n) is 4.90. The summed E-state index contributed by atoms with van der Waals surface area (Å²) in [6.07, 6.45) is 4.91. The number of nitrogens with zero attached hydrogens (tertiary/aromatic N) is 3. The minimum atomic E-state index is 0.895. The van der Waals surface area contributed by atoms with Crippen LogP contribution in [0.4, 0.5) is 5.69 Å². The molecule has 2 aromatic heterocycles. The van der Waals surface area contributed by atoms with E-state index >= 15 is 0 Å². The summed E-state index contributed by atoms with van der Waals surface area (Å²) in [4.78, 5) is 6.84. The van der Waals surface area contributed by atoms with Crippen molar-refractivity contribution in [2.24, 2.45) is 0 Å². The van der Waals surface area contributed by atoms with Gasteiger partial charge in [0.1, 0.15) is 0 Å². The second-order valence-corrected chi connectivity index (χ2v) is 4.90. The Hall–Kier alpha value is -2.36. The average molecular weight is 250 g/mol. The molecule has 0 amide bonds. The molecule has 0 radical (unpaired) electrons. The van der Waals surface area contributed by atoms with Gasteiger partial charge in [-0.2, -0.15) is 5.10 Å². The van der Waals surface area contributed by atoms with Crippen LogP contribution in [0.1, 0.15) is 11.1 Å². The van der Waals surface area contributed by atoms with Crippen molar-refractivity contribution in [2.75, 3.05) is 11.4 Å². The Morgan fingerprint density at radius 3 is 2.89 bits per heavy atom. The third-order valence-corrected chi connectivity index (χ3v) is 3.80. The van der Waals surface area contributed by atoms with E-state index in [1.165, 1.54) is 22.2 Å². The predicted octanol–water partition coefficient (Wildman–Crippen LogP) is 2.52. The third-order valence-electron chi connectivity index (χ3n) is 3.80. The summed E-state index contributed by atoms with van der Waals surface area (Å²) in [7, 11) is 0. The quantitative estimate of drug-likeness (QED) is 0.721. The molecule has 4 rings (SSSR count). The van der Waals surface area contributed by atoms with Gasteiger partial charge in [0, 0.05) is 30.4 Å². The summed E-state index contributed by atoms with van der Waals surface area (Å²) in [6, 6.07) is 10.5. The molecule has 0 fully saturated rings. The van der Waals surface area contributed by atoms with E-state index in [-0.39, 0.29) is 0 Å². The van der Waals surface area contributed by atoms with Gasteiger partial charge in [0.05, 0.1) is 6.20 Å². The number of aromatic amines is 1. The SMILES string of the molecule is c1ccc(N2CCc3c(cnc4[nH]ncc34)C2)cc1. The zero-order chi connectivity index (χ0) is 12.7. The largest absolute Gasteiger partial charge is 0.367 e. The molecule has 0 saturated carbocycles. The molecule has 3 aromatic rings. The number of fused-ring (bicyclic) bond motifs is 3. The Balaban J connectivity index is 1.74. The molecule has 0 atom stereocenters. The van der Waals surface area contributed by atoms with Crippen molar-refractivity contribution in [1.29, 1.82) is 0 Å². The van der Waals surface area contributed by atoms with E-state index in [1.54, 1.807) is 0 Å². The van der Waals surface area contributed by atoms with Crippen LogP contribution in [-0.4, -0.2) is 21.7 Å². The van der Waals surface area contributed by atoms with Gasteiger partial charge in [-0.05, 0) is 29.7 Å². The highest BCUT2D eigenvalue weighted by atomic mass is 15.1. The van der Waals surface area contributed by atoms with Crippen LogP contribution in [0.3, 0.4) is 0 Å². The van der Waals surface area contributed by atoms with Crippen LogP contribution in [0, 0.1) is 0 Å². The summed E-state index contributed by atoms with van der Waals surface area (Å²) in [5, 5.41) is 8.19. The van der Waals surface area contributed by atoms with Gasteiger partial charge in [-0.15, -0.1) is 0 Å². The number of benzene rings is 1. The van der Waals surface area contributed by atoms with Gasteiger partial charge in [0.15, 0.2) is 5.65 Å². The molecular weight excluding hydrogens is 236 g/mol. The highest BCUT2D eigenvalue weighted by Crippen LogP contribution is 2.27. The van der Waals surface area contributed by atoms with Crippen molar-refractivity contribution in [3.05, 3.63) is 53.9 Å². The minimum Gasteiger partial charge on any atom is -0.367 e. The molecule has 19 heavy (non-hydrogen) atoms. The highest BCUT2D eigenvalue weighted by molar-refractivity contribution is 5.79. The van der Waals surface area contributed by atoms with Crippen LogP contribution in [-0.2, 0) is 13.0 Å². The van der Waals surface area contributed by atoms with E-state index in [4.69, 9.17) is 0 Å². The molecule has 3 heterocycles. The molecule has 1 aliphatic heterocycles. The summed E-state index contributed by atoms with van der Waals surface area (Å²) in [5.74, 6) is 0. The van der Waals surface area contributed by atoms with Crippen LogP contribution in [0.25, 0.3) is 11.0 Å². The van der Waals surface area contributed by atoms with E-state index in [2.05, 4.69) is 50.4 Å². The van der Waals surface area contributed by atoms with Crippen molar-refractivity contribution in [1.82, 2.24) is 15.2 Å². The molecule has 4 heteroatoms. The van der Waals surface area contributed by atoms with Gasteiger partial charge in [0.25, 0.3) is 0 Å². The van der Waals surface area contributed by atoms with E-state index in [0.717, 1.165) is 25.2 Å². The van der Waals surface area contributed by atoms with Crippen LogP contribution >= 0.6 is 0 Å². The van der Waals surface area contributed by atoms with E-state index in [9.17, 15) is 0 Å². The first-order valence-electron chi connectivity index (χ1n) is 6.51. The second kappa shape index (κ2) is 4.09. The fourth-order valence-corrected chi connectivity index (χ4v) is 2.81. The minimum absolute atomic E-state index is 0.895. The maximum absolute atomic E-state index is 4.44. The van der Waals surface area contributed by atoms with Crippen molar-refractivity contribution in [3.8, 4) is 0 Å². The highest BCUT2D eigenvalue weighted by Gasteiger charge is 2.19. The number of aromatic nitrogens is 3. The monoisotopic (exact) mass is 250 g/mol. The standard InChI is InChI=1S/C15H14N4/c1-2-4-12(5-3-1)19-7-6-13-11(10-19)8-16-15-14(13)9-17-18-15/h1-5,8-9H,6-7,10H2,(H,16,17,18). The molecule has 0 unspecified atom stereocenters. The van der Waals surface area contributed by atoms with Crippen LogP contribution in [0.2, 0.25) is 0 Å². The topological polar surface area (TPSA) is 44.8 Å². The Kier molecular flexibility index (Phi) is 2.27. The first kappa shape index (κ1) is 10.6. The molecule has 1 aromatic carbocycles. The van der Waals surface area contributed by atoms with Crippen LogP contribution in [0.5, 0.6) is 0 Å². The number of nitrogens with one attached hydrogen (secondary N) is 1. The molecule has 0 spiro atoms. The van der Waals surface area contributed by atoms with Gasteiger partial charge in [0.2, 0.25) is 0 Å². The molecule has 0 saturated heterocycles. The lowest BCUT2D eigenvalue weighted by atomic mass is 9.99. The summed E-state index contributed by atoms with van der Waals surface area (Å²) < 4.78 is 0. The van der Waals surface area contributed by atoms with Crippen molar-refractivity contribution in [2.45, 2.75) is 13.0 Å². The van der Waals surface area contributed by atoms with Crippen molar-refractivity contribution < 1.29 is 0 Å². The number of H-pyrrole nitrogens is 1. The zero-order valence-electron chi connectivity index (χ0n) is 10.5. The number of para-hydroxylation sites is 1. The zero-order valence-corrected chi connectivity index (χ0v) is 10.5. The lowest BCUT2D eigenvalue weighted by Crippen LogP contribution is -2.30. The summed E-state index contributed by atoms with van der Waals surface area (Å²) in [5.41, 5.74) is 4.88. The van der Waals surface area contributed by atoms with E-state index in [1.807, 2.05) is 12.4 Å². The molecular formula is C15H14N4. The van der Waals surface area contributed by atoms with Gasteiger partial charge < -0.3 is 4.90 Å². The van der Waals surface area contributed by atoms with Crippen LogP contribution in [0.15, 0.2) is 42.7 Å². The predicted molar refractivity (Wildman–Crippen MR) is 75.1 cm³/mol. The molecule has 1 N–H and O–H groups in total. The Morgan fingerprint density at radius 2 is 2.00 bits per heavy atom. The maximum atomic E-state index is 4.44. The molecule has 1 aliphatic rings. The Morgan fingerprint density at radius 1 is 1.11 bits per heavy atom. The lowest BCUT2D eigenvalue weighted by Gasteiger charge is -2.30. The first-order valence-corrected chi connectivity index (χ1v) is 6.51. The number of rotatable bonds is 1. The Labute approximate surface area is 111 Å². The number of hydrogen-bond donors (Lipinski definition) is 1. The number of pyridine rings is 1. The normalized spacial score (nSPS) is 14.6. The third kappa shape index (κ3) is 1.68. The number of anilines is 1. The van der Waals surface area contributed by atoms with Gasteiger partial charge >= 0.3 is 0 Å². The molecule has 0 aliphatic carbocycles. The fraction of sp³-hybridized carbons (Fsp3) is 0.200. The molecule has 94 valence electrons. The average Bonchev–Trinajstić information content (AvgIpc) is 2.96. The fourth-order valence-electron chi connectivity index (χ4n) is 2.81. The summed E-state index contributed by atoms with van der Waals surface area (Å²) >= 11 is 0. The van der Waals surface area contributed by atoms with Crippen LogP contribution < -0.4 is 4.90 Å². The van der Waals surface area contributed by atoms with Gasteiger partial charge in [-0.3, -0.25) is 5.10 Å². The molecule has 4 nitrogen and oxygen atoms in total. The van der Waals surface area contributed by atoms with Gasteiger partial charge in [-0.25, -0.2) is 4.98 Å². The first-order chi connectivity index (χ1) is 9.42. The lowest BCUT2D eigenvalue weighted by molar-refractivity contribution is 0.733. The van der Waals surface area contributed by atoms with Crippen molar-refractivity contribution in [3.63, 3.8) is 0 Å².